The quantitative estimate of drug-likeness (QED) is 0.585. The van der Waals surface area contributed by atoms with E-state index in [0.717, 1.165) is 40.6 Å². The van der Waals surface area contributed by atoms with Crippen LogP contribution in [0.25, 0.3) is 0 Å². The van der Waals surface area contributed by atoms with Gasteiger partial charge in [0.25, 0.3) is 0 Å². The monoisotopic (exact) mass is 357 g/mol. The first-order valence-corrected chi connectivity index (χ1v) is 10.0. The number of carbonyl (C=O) groups excluding carboxylic acids is 1. The van der Waals surface area contributed by atoms with Gasteiger partial charge in [0.05, 0.1) is 0 Å². The van der Waals surface area contributed by atoms with Gasteiger partial charge in [-0.15, -0.1) is 0 Å². The van der Waals surface area contributed by atoms with Crippen molar-refractivity contribution in [3.63, 3.8) is 0 Å². The van der Waals surface area contributed by atoms with Crippen LogP contribution in [0.4, 0.5) is 5.69 Å². The van der Waals surface area contributed by atoms with E-state index in [2.05, 4.69) is 47.3 Å². The highest BCUT2D eigenvalue weighted by Gasteiger charge is 2.13. The molecule has 25 heavy (non-hydrogen) atoms. The molecule has 1 amide bonds. The lowest BCUT2D eigenvalue weighted by atomic mass is 10.0. The third kappa shape index (κ3) is 4.82. The summed E-state index contributed by atoms with van der Waals surface area (Å²) >= 11 is 1.54. The van der Waals surface area contributed by atoms with E-state index >= 15 is 0 Å². The number of thioether (sulfide) groups is 1. The number of benzene rings is 1. The molecule has 0 aliphatic rings. The van der Waals surface area contributed by atoms with Gasteiger partial charge >= 0.3 is 0 Å². The molecule has 0 radical (unpaired) electrons. The Morgan fingerprint density at radius 1 is 1.08 bits per heavy atom. The van der Waals surface area contributed by atoms with Crippen molar-refractivity contribution in [2.24, 2.45) is 0 Å². The lowest BCUT2D eigenvalue weighted by Crippen LogP contribution is -2.16. The number of rotatable bonds is 7. The van der Waals surface area contributed by atoms with E-state index in [-0.39, 0.29) is 5.91 Å². The van der Waals surface area contributed by atoms with Gasteiger partial charge in [-0.1, -0.05) is 43.8 Å². The molecule has 0 aliphatic carbocycles. The van der Waals surface area contributed by atoms with Crippen LogP contribution in [0.2, 0.25) is 0 Å². The van der Waals surface area contributed by atoms with Gasteiger partial charge in [0.1, 0.15) is 0 Å². The molecule has 2 rings (SSSR count). The average molecular weight is 358 g/mol. The van der Waals surface area contributed by atoms with Crippen LogP contribution in [0.15, 0.2) is 23.4 Å². The smallest absolute Gasteiger partial charge is 0.224 e. The van der Waals surface area contributed by atoms with E-state index in [0.29, 0.717) is 12.8 Å². The standard InChI is InChI=1S/C20H27N3OS/c1-6-15-9-8-10-16(7-2)19(15)23-18(24)12-11-17-13(3)21-20(25-5)22-14(17)4/h8-10H,6-7,11-12H2,1-5H3,(H,23,24). The minimum atomic E-state index is 0.0448. The van der Waals surface area contributed by atoms with Crippen LogP contribution in [0.5, 0.6) is 0 Å². The summed E-state index contributed by atoms with van der Waals surface area (Å²) in [7, 11) is 0. The first kappa shape index (κ1) is 19.4. The summed E-state index contributed by atoms with van der Waals surface area (Å²) in [5.74, 6) is 0.0448. The molecule has 0 bridgehead atoms. The van der Waals surface area contributed by atoms with Crippen LogP contribution in [-0.4, -0.2) is 22.1 Å². The second-order valence-corrected chi connectivity index (χ2v) is 6.84. The Morgan fingerprint density at radius 3 is 2.12 bits per heavy atom. The Morgan fingerprint density at radius 2 is 1.64 bits per heavy atom. The number of aryl methyl sites for hydroxylation is 4. The molecule has 1 heterocycles. The Kier molecular flexibility index (Phi) is 7.00. The zero-order chi connectivity index (χ0) is 18.4. The van der Waals surface area contributed by atoms with Crippen molar-refractivity contribution < 1.29 is 4.79 Å². The van der Waals surface area contributed by atoms with Gasteiger partial charge in [0.15, 0.2) is 5.16 Å². The summed E-state index contributed by atoms with van der Waals surface area (Å²) < 4.78 is 0. The van der Waals surface area contributed by atoms with Crippen molar-refractivity contribution in [2.75, 3.05) is 11.6 Å². The number of nitrogens with one attached hydrogen (secondary N) is 1. The van der Waals surface area contributed by atoms with E-state index in [9.17, 15) is 4.79 Å². The fraction of sp³-hybridized carbons (Fsp3) is 0.450. The predicted octanol–water partition coefficient (Wildman–Crippen LogP) is 4.51. The van der Waals surface area contributed by atoms with Crippen molar-refractivity contribution in [2.45, 2.75) is 58.5 Å². The summed E-state index contributed by atoms with van der Waals surface area (Å²) in [4.78, 5) is 21.5. The van der Waals surface area contributed by atoms with Gasteiger partial charge in [-0.05, 0) is 56.1 Å². The van der Waals surface area contributed by atoms with Crippen molar-refractivity contribution in [1.82, 2.24) is 9.97 Å². The number of carbonyl (C=O) groups is 1. The molecule has 0 spiro atoms. The molecule has 134 valence electrons. The Labute approximate surface area is 154 Å². The zero-order valence-corrected chi connectivity index (χ0v) is 16.6. The molecule has 1 N–H and O–H groups in total. The van der Waals surface area contributed by atoms with Crippen LogP contribution in [0.1, 0.15) is 48.3 Å². The Bertz CT molecular complexity index is 713. The molecule has 0 atom stereocenters. The molecule has 0 fully saturated rings. The largest absolute Gasteiger partial charge is 0.326 e. The van der Waals surface area contributed by atoms with Gasteiger partial charge in [-0.3, -0.25) is 4.79 Å². The Balaban J connectivity index is 2.10. The maximum atomic E-state index is 12.5. The van der Waals surface area contributed by atoms with Crippen LogP contribution in [-0.2, 0) is 24.1 Å². The van der Waals surface area contributed by atoms with Gasteiger partial charge < -0.3 is 5.32 Å². The molecule has 5 heteroatoms. The molecule has 0 aliphatic heterocycles. The molecule has 0 saturated carbocycles. The Hall–Kier alpha value is -1.88. The molecule has 0 saturated heterocycles. The van der Waals surface area contributed by atoms with Gasteiger partial charge in [-0.2, -0.15) is 0 Å². The molecule has 1 aromatic carbocycles. The minimum Gasteiger partial charge on any atom is -0.326 e. The number of hydrogen-bond donors (Lipinski definition) is 1. The third-order valence-corrected chi connectivity index (χ3v) is 5.00. The summed E-state index contributed by atoms with van der Waals surface area (Å²) in [5, 5.41) is 3.91. The van der Waals surface area contributed by atoms with E-state index in [1.54, 1.807) is 0 Å². The van der Waals surface area contributed by atoms with Crippen molar-refractivity contribution in [1.29, 1.82) is 0 Å². The lowest BCUT2D eigenvalue weighted by Gasteiger charge is -2.15. The first-order valence-electron chi connectivity index (χ1n) is 8.78. The van der Waals surface area contributed by atoms with E-state index in [1.807, 2.05) is 20.1 Å². The molecule has 0 unspecified atom stereocenters. The van der Waals surface area contributed by atoms with Crippen molar-refractivity contribution in [3.8, 4) is 0 Å². The van der Waals surface area contributed by atoms with Crippen molar-refractivity contribution in [3.05, 3.63) is 46.3 Å². The van der Waals surface area contributed by atoms with Crippen molar-refractivity contribution >= 4 is 23.4 Å². The summed E-state index contributed by atoms with van der Waals surface area (Å²) in [5.41, 5.74) is 6.37. The normalized spacial score (nSPS) is 10.8. The van der Waals surface area contributed by atoms with E-state index < -0.39 is 0 Å². The molecular weight excluding hydrogens is 330 g/mol. The maximum Gasteiger partial charge on any atom is 0.224 e. The highest BCUT2D eigenvalue weighted by molar-refractivity contribution is 7.98. The highest BCUT2D eigenvalue weighted by atomic mass is 32.2. The highest BCUT2D eigenvalue weighted by Crippen LogP contribution is 2.23. The van der Waals surface area contributed by atoms with Crippen LogP contribution >= 0.6 is 11.8 Å². The second-order valence-electron chi connectivity index (χ2n) is 6.07. The van der Waals surface area contributed by atoms with Crippen LogP contribution in [0.3, 0.4) is 0 Å². The van der Waals surface area contributed by atoms with E-state index in [4.69, 9.17) is 0 Å². The average Bonchev–Trinajstić information content (AvgIpc) is 2.60. The number of nitrogens with zero attached hydrogens (tertiary/aromatic N) is 2. The van der Waals surface area contributed by atoms with Gasteiger partial charge in [-0.25, -0.2) is 9.97 Å². The number of amides is 1. The number of aromatic nitrogens is 2. The number of para-hydroxylation sites is 1. The second kappa shape index (κ2) is 8.99. The zero-order valence-electron chi connectivity index (χ0n) is 15.8. The van der Waals surface area contributed by atoms with Crippen LogP contribution in [0, 0.1) is 13.8 Å². The fourth-order valence-corrected chi connectivity index (χ4v) is 3.46. The molecular formula is C20H27N3OS. The third-order valence-electron chi connectivity index (χ3n) is 4.45. The number of hydrogen-bond acceptors (Lipinski definition) is 4. The lowest BCUT2D eigenvalue weighted by molar-refractivity contribution is -0.116. The summed E-state index contributed by atoms with van der Waals surface area (Å²) in [6, 6.07) is 6.22. The summed E-state index contributed by atoms with van der Waals surface area (Å²) in [6.45, 7) is 8.20. The maximum absolute atomic E-state index is 12.5. The topological polar surface area (TPSA) is 54.9 Å². The van der Waals surface area contributed by atoms with E-state index in [1.165, 1.54) is 22.9 Å². The molecule has 1 aromatic heterocycles. The first-order chi connectivity index (χ1) is 12.0. The number of anilines is 1. The molecule has 4 nitrogen and oxygen atoms in total. The minimum absolute atomic E-state index is 0.0448. The summed E-state index contributed by atoms with van der Waals surface area (Å²) in [6.07, 6.45) is 4.88. The van der Waals surface area contributed by atoms with Crippen LogP contribution < -0.4 is 5.32 Å². The van der Waals surface area contributed by atoms with Gasteiger partial charge in [0.2, 0.25) is 5.91 Å². The van der Waals surface area contributed by atoms with Gasteiger partial charge in [0, 0.05) is 23.5 Å². The SMILES string of the molecule is CCc1cccc(CC)c1NC(=O)CCc1c(C)nc(SC)nc1C. The predicted molar refractivity (Wildman–Crippen MR) is 105 cm³/mol. The molecule has 2 aromatic rings. The fourth-order valence-electron chi connectivity index (χ4n) is 3.01.